The van der Waals surface area contributed by atoms with Crippen molar-refractivity contribution in [3.8, 4) is 0 Å². The molecule has 0 spiro atoms. The molecule has 2 rings (SSSR count). The van der Waals surface area contributed by atoms with Gasteiger partial charge in [0.05, 0.1) is 0 Å². The summed E-state index contributed by atoms with van der Waals surface area (Å²) in [4.78, 5) is 1.32. The molecule has 1 aromatic carbocycles. The minimum Gasteiger partial charge on any atom is -0.259 e. The Bertz CT molecular complexity index is 358. The first kappa shape index (κ1) is 14.1. The zero-order valence-electron chi connectivity index (χ0n) is 10.8. The first-order valence-corrected chi connectivity index (χ1v) is 9.28. The smallest absolute Gasteiger partial charge is 0.0348 e. The SMILES string of the molecule is O=S(CCCSc1ccccc1)C1CCCCC1. The summed E-state index contributed by atoms with van der Waals surface area (Å²) < 4.78 is 12.1. The summed E-state index contributed by atoms with van der Waals surface area (Å²) in [5, 5.41) is 0.500. The molecule has 0 aliphatic heterocycles. The first-order valence-electron chi connectivity index (χ1n) is 6.91. The van der Waals surface area contributed by atoms with Crippen LogP contribution in [0.2, 0.25) is 0 Å². The summed E-state index contributed by atoms with van der Waals surface area (Å²) in [6.07, 6.45) is 7.38. The number of benzene rings is 1. The van der Waals surface area contributed by atoms with E-state index in [1.54, 1.807) is 0 Å². The van der Waals surface area contributed by atoms with Crippen LogP contribution in [0.25, 0.3) is 0 Å². The van der Waals surface area contributed by atoms with Gasteiger partial charge in [-0.25, -0.2) is 0 Å². The van der Waals surface area contributed by atoms with Gasteiger partial charge in [-0.05, 0) is 37.1 Å². The van der Waals surface area contributed by atoms with Crippen molar-refractivity contribution in [2.24, 2.45) is 0 Å². The molecule has 1 atom stereocenters. The summed E-state index contributed by atoms with van der Waals surface area (Å²) in [7, 11) is -0.578. The molecule has 0 heterocycles. The van der Waals surface area contributed by atoms with Gasteiger partial charge in [-0.2, -0.15) is 0 Å². The van der Waals surface area contributed by atoms with Crippen molar-refractivity contribution in [1.82, 2.24) is 0 Å². The van der Waals surface area contributed by atoms with Crippen LogP contribution in [0.15, 0.2) is 35.2 Å². The fourth-order valence-corrected chi connectivity index (χ4v) is 5.08. The molecule has 0 radical (unpaired) electrons. The van der Waals surface area contributed by atoms with Gasteiger partial charge in [-0.15, -0.1) is 11.8 Å². The Balaban J connectivity index is 1.61. The highest BCUT2D eigenvalue weighted by Gasteiger charge is 2.18. The van der Waals surface area contributed by atoms with Crippen LogP contribution in [0.1, 0.15) is 38.5 Å². The Morgan fingerprint density at radius 1 is 1.11 bits per heavy atom. The zero-order chi connectivity index (χ0) is 12.6. The van der Waals surface area contributed by atoms with E-state index in [0.717, 1.165) is 17.9 Å². The third-order valence-corrected chi connectivity index (χ3v) is 6.43. The summed E-state index contributed by atoms with van der Waals surface area (Å²) in [5.74, 6) is 1.98. The van der Waals surface area contributed by atoms with Crippen molar-refractivity contribution in [2.45, 2.75) is 48.7 Å². The second-order valence-electron chi connectivity index (χ2n) is 4.86. The molecule has 18 heavy (non-hydrogen) atoms. The monoisotopic (exact) mass is 282 g/mol. The Morgan fingerprint density at radius 3 is 2.56 bits per heavy atom. The van der Waals surface area contributed by atoms with Crippen molar-refractivity contribution in [2.75, 3.05) is 11.5 Å². The predicted octanol–water partition coefficient (Wildman–Crippen LogP) is 4.25. The van der Waals surface area contributed by atoms with Crippen LogP contribution in [0, 0.1) is 0 Å². The average molecular weight is 282 g/mol. The van der Waals surface area contributed by atoms with E-state index in [0.29, 0.717) is 5.25 Å². The minimum absolute atomic E-state index is 0.500. The molecule has 1 aliphatic rings. The molecular weight excluding hydrogens is 260 g/mol. The normalized spacial score (nSPS) is 18.7. The maximum absolute atomic E-state index is 12.1. The fraction of sp³-hybridized carbons (Fsp3) is 0.600. The third-order valence-electron chi connectivity index (χ3n) is 3.43. The van der Waals surface area contributed by atoms with E-state index in [1.807, 2.05) is 17.8 Å². The highest BCUT2D eigenvalue weighted by Crippen LogP contribution is 2.23. The van der Waals surface area contributed by atoms with Crippen LogP contribution in [0.5, 0.6) is 0 Å². The Hall–Kier alpha value is -0.280. The van der Waals surface area contributed by atoms with Gasteiger partial charge in [-0.3, -0.25) is 4.21 Å². The molecule has 1 fully saturated rings. The molecule has 100 valence electrons. The maximum Gasteiger partial charge on any atom is 0.0348 e. The highest BCUT2D eigenvalue weighted by atomic mass is 32.2. The Kier molecular flexibility index (Phi) is 6.29. The highest BCUT2D eigenvalue weighted by molar-refractivity contribution is 7.99. The average Bonchev–Trinajstić information content (AvgIpc) is 2.45. The van der Waals surface area contributed by atoms with Crippen molar-refractivity contribution in [3.05, 3.63) is 30.3 Å². The molecule has 0 N–H and O–H groups in total. The van der Waals surface area contributed by atoms with E-state index >= 15 is 0 Å². The molecule has 0 amide bonds. The first-order chi connectivity index (χ1) is 8.86. The summed E-state index contributed by atoms with van der Waals surface area (Å²) in [6.45, 7) is 0. The van der Waals surface area contributed by atoms with Crippen molar-refractivity contribution in [3.63, 3.8) is 0 Å². The number of hydrogen-bond acceptors (Lipinski definition) is 2. The lowest BCUT2D eigenvalue weighted by Crippen LogP contribution is -2.20. The molecule has 1 unspecified atom stereocenters. The lowest BCUT2D eigenvalue weighted by Gasteiger charge is -2.20. The predicted molar refractivity (Wildman–Crippen MR) is 81.7 cm³/mol. The van der Waals surface area contributed by atoms with E-state index < -0.39 is 10.8 Å². The quantitative estimate of drug-likeness (QED) is 0.573. The van der Waals surface area contributed by atoms with Gasteiger partial charge in [0.2, 0.25) is 0 Å². The van der Waals surface area contributed by atoms with Crippen LogP contribution >= 0.6 is 11.8 Å². The molecule has 1 nitrogen and oxygen atoms in total. The molecular formula is C15H22OS2. The van der Waals surface area contributed by atoms with Crippen molar-refractivity contribution >= 4 is 22.6 Å². The van der Waals surface area contributed by atoms with E-state index in [2.05, 4.69) is 24.3 Å². The van der Waals surface area contributed by atoms with E-state index in [-0.39, 0.29) is 0 Å². The number of hydrogen-bond donors (Lipinski definition) is 0. The lowest BCUT2D eigenvalue weighted by atomic mass is 10.0. The van der Waals surface area contributed by atoms with E-state index in [4.69, 9.17) is 0 Å². The molecule has 0 saturated heterocycles. The molecule has 0 aromatic heterocycles. The molecule has 0 bridgehead atoms. The van der Waals surface area contributed by atoms with Gasteiger partial charge >= 0.3 is 0 Å². The largest absolute Gasteiger partial charge is 0.259 e. The number of rotatable bonds is 6. The second kappa shape index (κ2) is 8.00. The zero-order valence-corrected chi connectivity index (χ0v) is 12.5. The van der Waals surface area contributed by atoms with E-state index in [1.165, 1.54) is 37.0 Å². The van der Waals surface area contributed by atoms with Crippen LogP contribution in [-0.2, 0) is 10.8 Å². The minimum atomic E-state index is -0.578. The van der Waals surface area contributed by atoms with Crippen molar-refractivity contribution in [1.29, 1.82) is 0 Å². The van der Waals surface area contributed by atoms with Gasteiger partial charge in [-0.1, -0.05) is 37.5 Å². The molecule has 3 heteroatoms. The van der Waals surface area contributed by atoms with Crippen LogP contribution in [0.3, 0.4) is 0 Å². The third kappa shape index (κ3) is 4.77. The fourth-order valence-electron chi connectivity index (χ4n) is 2.40. The molecule has 1 saturated carbocycles. The van der Waals surface area contributed by atoms with Crippen molar-refractivity contribution < 1.29 is 4.21 Å². The molecule has 1 aromatic rings. The van der Waals surface area contributed by atoms with Crippen LogP contribution in [-0.4, -0.2) is 21.0 Å². The van der Waals surface area contributed by atoms with Gasteiger partial charge in [0.25, 0.3) is 0 Å². The van der Waals surface area contributed by atoms with Gasteiger partial charge in [0.1, 0.15) is 0 Å². The Morgan fingerprint density at radius 2 is 1.83 bits per heavy atom. The topological polar surface area (TPSA) is 17.1 Å². The van der Waals surface area contributed by atoms with Crippen LogP contribution < -0.4 is 0 Å². The number of thioether (sulfide) groups is 1. The second-order valence-corrected chi connectivity index (χ2v) is 7.86. The van der Waals surface area contributed by atoms with Gasteiger partial charge in [0.15, 0.2) is 0 Å². The van der Waals surface area contributed by atoms with Crippen LogP contribution in [0.4, 0.5) is 0 Å². The summed E-state index contributed by atoms with van der Waals surface area (Å²) >= 11 is 1.87. The summed E-state index contributed by atoms with van der Waals surface area (Å²) in [5.41, 5.74) is 0. The van der Waals surface area contributed by atoms with Gasteiger partial charge < -0.3 is 0 Å². The lowest BCUT2D eigenvalue weighted by molar-refractivity contribution is 0.504. The standard InChI is InChI=1S/C15H22OS2/c16-18(15-10-5-2-6-11-15)13-7-12-17-14-8-3-1-4-9-14/h1,3-4,8-9,15H,2,5-7,10-13H2. The maximum atomic E-state index is 12.1. The molecule has 1 aliphatic carbocycles. The summed E-state index contributed by atoms with van der Waals surface area (Å²) in [6, 6.07) is 10.5. The Labute approximate surface area is 117 Å². The van der Waals surface area contributed by atoms with E-state index in [9.17, 15) is 4.21 Å². The van der Waals surface area contributed by atoms with Gasteiger partial charge in [0, 0.05) is 26.7 Å².